The molecular weight excluding hydrogens is 287 g/mol. The van der Waals surface area contributed by atoms with Gasteiger partial charge in [0.2, 0.25) is 0 Å². The highest BCUT2D eigenvalue weighted by Gasteiger charge is 2.40. The summed E-state index contributed by atoms with van der Waals surface area (Å²) in [6, 6.07) is 3.99. The van der Waals surface area contributed by atoms with Crippen LogP contribution in [0.5, 0.6) is 5.75 Å². The van der Waals surface area contributed by atoms with Gasteiger partial charge in [0.25, 0.3) is 0 Å². The fourth-order valence-corrected chi connectivity index (χ4v) is 2.28. The summed E-state index contributed by atoms with van der Waals surface area (Å²) in [5, 5.41) is 15.3. The molecule has 1 amide bonds. The number of hydrogen-bond acceptors (Lipinski definition) is 4. The van der Waals surface area contributed by atoms with E-state index in [0.29, 0.717) is 5.56 Å². The Hall–Kier alpha value is -1.82. The fourth-order valence-electron chi connectivity index (χ4n) is 2.28. The van der Waals surface area contributed by atoms with E-state index in [1.54, 1.807) is 6.07 Å². The van der Waals surface area contributed by atoms with Crippen LogP contribution in [0.4, 0.5) is 9.18 Å². The van der Waals surface area contributed by atoms with Crippen LogP contribution in [0.3, 0.4) is 0 Å². The Labute approximate surface area is 129 Å². The molecule has 2 rings (SSSR count). The lowest BCUT2D eigenvalue weighted by molar-refractivity contribution is 0.0522. The van der Waals surface area contributed by atoms with Crippen LogP contribution in [0, 0.1) is 5.82 Å². The molecule has 3 N–H and O–H groups in total. The van der Waals surface area contributed by atoms with E-state index in [0.717, 1.165) is 12.5 Å². The number of carbonyl (C=O) groups excluding carboxylic acids is 1. The molecule has 0 aliphatic heterocycles. The van der Waals surface area contributed by atoms with Crippen LogP contribution in [0.1, 0.15) is 45.7 Å². The minimum absolute atomic E-state index is 0.00234. The highest BCUT2D eigenvalue weighted by atomic mass is 19.1. The monoisotopic (exact) mass is 310 g/mol. The van der Waals surface area contributed by atoms with E-state index in [-0.39, 0.29) is 23.9 Å². The first-order chi connectivity index (χ1) is 10.2. The number of amides is 1. The summed E-state index contributed by atoms with van der Waals surface area (Å²) in [6.07, 6.45) is 0.341. The van der Waals surface area contributed by atoms with Crippen molar-refractivity contribution in [3.8, 4) is 5.75 Å². The Morgan fingerprint density at radius 2 is 2.09 bits per heavy atom. The van der Waals surface area contributed by atoms with Crippen molar-refractivity contribution in [2.75, 3.05) is 0 Å². The number of ether oxygens (including phenoxy) is 1. The third-order valence-corrected chi connectivity index (χ3v) is 3.41. The Bertz CT molecular complexity index is 557. The van der Waals surface area contributed by atoms with Crippen molar-refractivity contribution in [1.82, 2.24) is 10.6 Å². The van der Waals surface area contributed by atoms with E-state index in [9.17, 15) is 14.3 Å². The number of hydrogen-bond donors (Lipinski definition) is 3. The average Bonchev–Trinajstić information content (AvgIpc) is 3.03. The summed E-state index contributed by atoms with van der Waals surface area (Å²) >= 11 is 0. The van der Waals surface area contributed by atoms with Crippen LogP contribution in [0.15, 0.2) is 18.2 Å². The Balaban J connectivity index is 1.82. The second-order valence-corrected chi connectivity index (χ2v) is 6.69. The molecule has 0 heterocycles. The number of rotatable bonds is 4. The summed E-state index contributed by atoms with van der Waals surface area (Å²) < 4.78 is 19.0. The molecule has 1 fully saturated rings. The molecular formula is C16H23FN2O3. The van der Waals surface area contributed by atoms with E-state index < -0.39 is 17.5 Å². The van der Waals surface area contributed by atoms with E-state index in [4.69, 9.17) is 4.74 Å². The zero-order valence-electron chi connectivity index (χ0n) is 13.3. The Morgan fingerprint density at radius 3 is 2.68 bits per heavy atom. The third-order valence-electron chi connectivity index (χ3n) is 3.41. The number of nitrogens with one attached hydrogen (secondary N) is 2. The summed E-state index contributed by atoms with van der Waals surface area (Å²) in [5.41, 5.74) is -0.0367. The van der Waals surface area contributed by atoms with Crippen molar-refractivity contribution in [2.45, 2.75) is 57.8 Å². The zero-order chi connectivity index (χ0) is 16.5. The van der Waals surface area contributed by atoms with Gasteiger partial charge in [0.1, 0.15) is 17.2 Å². The first-order valence-corrected chi connectivity index (χ1v) is 7.39. The van der Waals surface area contributed by atoms with E-state index in [1.165, 1.54) is 6.07 Å². The molecule has 6 heteroatoms. The maximum absolute atomic E-state index is 13.8. The normalized spacial score (nSPS) is 22.0. The fraction of sp³-hybridized carbons (Fsp3) is 0.562. The molecule has 1 aliphatic rings. The summed E-state index contributed by atoms with van der Waals surface area (Å²) in [4.78, 5) is 11.7. The van der Waals surface area contributed by atoms with E-state index >= 15 is 0 Å². The number of carbonyl (C=O) groups is 1. The van der Waals surface area contributed by atoms with E-state index in [2.05, 4.69) is 10.6 Å². The summed E-state index contributed by atoms with van der Waals surface area (Å²) in [7, 11) is 0. The predicted octanol–water partition coefficient (Wildman–Crippen LogP) is 2.85. The molecule has 1 aromatic rings. The predicted molar refractivity (Wildman–Crippen MR) is 81.2 cm³/mol. The smallest absolute Gasteiger partial charge is 0.407 e. The van der Waals surface area contributed by atoms with Gasteiger partial charge in [-0.1, -0.05) is 6.07 Å². The summed E-state index contributed by atoms with van der Waals surface area (Å²) in [5.74, 6) is -0.540. The number of benzene rings is 1. The summed E-state index contributed by atoms with van der Waals surface area (Å²) in [6.45, 7) is 7.28. The van der Waals surface area contributed by atoms with Gasteiger partial charge >= 0.3 is 6.09 Å². The number of phenolic OH excluding ortho intramolecular Hbond substituents is 1. The zero-order valence-corrected chi connectivity index (χ0v) is 13.3. The van der Waals surface area contributed by atoms with Gasteiger partial charge in [-0.15, -0.1) is 0 Å². The molecule has 3 atom stereocenters. The first-order valence-electron chi connectivity index (χ1n) is 7.39. The van der Waals surface area contributed by atoms with Gasteiger partial charge in [-0.25, -0.2) is 9.18 Å². The molecule has 1 aromatic carbocycles. The third kappa shape index (κ3) is 4.59. The van der Waals surface area contributed by atoms with Gasteiger partial charge in [0.15, 0.2) is 0 Å². The van der Waals surface area contributed by atoms with Crippen molar-refractivity contribution in [3.63, 3.8) is 0 Å². The van der Waals surface area contributed by atoms with Gasteiger partial charge in [-0.3, -0.25) is 0 Å². The Kier molecular flexibility index (Phi) is 4.60. The van der Waals surface area contributed by atoms with Crippen molar-refractivity contribution in [2.24, 2.45) is 0 Å². The molecule has 0 spiro atoms. The van der Waals surface area contributed by atoms with Gasteiger partial charge in [-0.05, 0) is 40.2 Å². The topological polar surface area (TPSA) is 70.6 Å². The number of phenols is 1. The number of alkyl carbamates (subject to hydrolysis) is 1. The second kappa shape index (κ2) is 6.12. The molecule has 0 saturated heterocycles. The molecule has 22 heavy (non-hydrogen) atoms. The minimum Gasteiger partial charge on any atom is -0.508 e. The van der Waals surface area contributed by atoms with Crippen LogP contribution < -0.4 is 10.6 Å². The van der Waals surface area contributed by atoms with Crippen molar-refractivity contribution < 1.29 is 19.0 Å². The molecule has 0 aromatic heterocycles. The highest BCUT2D eigenvalue weighted by Crippen LogP contribution is 2.27. The average molecular weight is 310 g/mol. The molecule has 0 bridgehead atoms. The van der Waals surface area contributed by atoms with Crippen molar-refractivity contribution in [3.05, 3.63) is 29.6 Å². The molecule has 122 valence electrons. The lowest BCUT2D eigenvalue weighted by Gasteiger charge is -2.20. The van der Waals surface area contributed by atoms with Gasteiger partial charge < -0.3 is 20.5 Å². The van der Waals surface area contributed by atoms with E-state index in [1.807, 2.05) is 27.7 Å². The quantitative estimate of drug-likeness (QED) is 0.800. The molecule has 3 unspecified atom stereocenters. The van der Waals surface area contributed by atoms with Crippen LogP contribution >= 0.6 is 0 Å². The van der Waals surface area contributed by atoms with Gasteiger partial charge in [-0.2, -0.15) is 0 Å². The van der Waals surface area contributed by atoms with Crippen LogP contribution in [0.25, 0.3) is 0 Å². The number of halogens is 1. The van der Waals surface area contributed by atoms with Crippen molar-refractivity contribution in [1.29, 1.82) is 0 Å². The van der Waals surface area contributed by atoms with Crippen LogP contribution in [-0.4, -0.2) is 28.9 Å². The highest BCUT2D eigenvalue weighted by molar-refractivity contribution is 5.68. The van der Waals surface area contributed by atoms with Gasteiger partial charge in [0, 0.05) is 29.8 Å². The first kappa shape index (κ1) is 16.5. The number of aromatic hydroxyl groups is 1. The van der Waals surface area contributed by atoms with Crippen molar-refractivity contribution >= 4 is 6.09 Å². The van der Waals surface area contributed by atoms with Crippen LogP contribution in [-0.2, 0) is 4.74 Å². The van der Waals surface area contributed by atoms with Crippen LogP contribution in [0.2, 0.25) is 0 Å². The SMILES string of the molecule is CC(NC1CC1NC(=O)OC(C)(C)C)c1ccc(O)cc1F. The van der Waals surface area contributed by atoms with Gasteiger partial charge in [0.05, 0.1) is 0 Å². The second-order valence-electron chi connectivity index (χ2n) is 6.69. The maximum Gasteiger partial charge on any atom is 0.407 e. The maximum atomic E-state index is 13.8. The minimum atomic E-state index is -0.523. The molecule has 1 aliphatic carbocycles. The molecule has 5 nitrogen and oxygen atoms in total. The lowest BCUT2D eigenvalue weighted by atomic mass is 10.1. The standard InChI is InChI=1S/C16H23FN2O3/c1-9(11-6-5-10(20)7-12(11)17)18-13-8-14(13)19-15(21)22-16(2,3)4/h5-7,9,13-14,18,20H,8H2,1-4H3,(H,19,21). The molecule has 1 saturated carbocycles. The molecule has 0 radical (unpaired) electrons. The lowest BCUT2D eigenvalue weighted by Crippen LogP contribution is -2.37. The Morgan fingerprint density at radius 1 is 1.41 bits per heavy atom. The largest absolute Gasteiger partial charge is 0.508 e.